The van der Waals surface area contributed by atoms with Crippen LogP contribution in [0.3, 0.4) is 0 Å². The van der Waals surface area contributed by atoms with Gasteiger partial charge in [0, 0.05) is 0 Å². The molecular weight excluding hydrogens is 228 g/mol. The van der Waals surface area contributed by atoms with Crippen LogP contribution < -0.4 is 16.0 Å². The van der Waals surface area contributed by atoms with Gasteiger partial charge >= 0.3 is 0 Å². The summed E-state index contributed by atoms with van der Waals surface area (Å²) in [5.41, 5.74) is 6.15. The topological polar surface area (TPSA) is 60.4 Å². The summed E-state index contributed by atoms with van der Waals surface area (Å²) >= 11 is 0. The van der Waals surface area contributed by atoms with Gasteiger partial charge in [0.15, 0.2) is 0 Å². The van der Waals surface area contributed by atoms with E-state index >= 15 is 0 Å². The van der Waals surface area contributed by atoms with E-state index in [4.69, 9.17) is 15.0 Å². The summed E-state index contributed by atoms with van der Waals surface area (Å²) in [6.45, 7) is 2.02. The Balaban J connectivity index is 2.21. The van der Waals surface area contributed by atoms with Crippen LogP contribution in [0.4, 0.5) is 0 Å². The highest BCUT2D eigenvalue weighted by molar-refractivity contribution is 5.38. The fraction of sp³-hybridized carbons (Fsp3) is 0.286. The molecule has 96 valence electrons. The van der Waals surface area contributed by atoms with Gasteiger partial charge in [-0.1, -0.05) is 12.1 Å². The average Bonchev–Trinajstić information content (AvgIpc) is 2.89. The lowest BCUT2D eigenvalue weighted by Crippen LogP contribution is -2.29. The Kier molecular flexibility index (Phi) is 4.02. The van der Waals surface area contributed by atoms with Crippen molar-refractivity contribution in [2.24, 2.45) is 5.84 Å². The second-order valence-corrected chi connectivity index (χ2v) is 4.28. The Hall–Kier alpha value is -1.78. The van der Waals surface area contributed by atoms with Crippen LogP contribution in [0, 0.1) is 6.92 Å². The lowest BCUT2D eigenvalue weighted by atomic mass is 9.99. The summed E-state index contributed by atoms with van der Waals surface area (Å²) in [6.07, 6.45) is 4.17. The molecule has 0 spiro atoms. The van der Waals surface area contributed by atoms with Gasteiger partial charge in [0.25, 0.3) is 0 Å². The summed E-state index contributed by atoms with van der Waals surface area (Å²) in [4.78, 5) is 0. The van der Waals surface area contributed by atoms with Crippen LogP contribution in [-0.2, 0) is 6.42 Å². The first-order valence-electron chi connectivity index (χ1n) is 5.86. The maximum absolute atomic E-state index is 5.63. The number of nitrogens with two attached hydrogens (primary N) is 1. The Morgan fingerprint density at radius 2 is 2.22 bits per heavy atom. The van der Waals surface area contributed by atoms with Crippen molar-refractivity contribution < 1.29 is 9.15 Å². The molecule has 3 N–H and O–H groups in total. The third kappa shape index (κ3) is 2.72. The minimum absolute atomic E-state index is 0.0390. The first-order chi connectivity index (χ1) is 8.74. The highest BCUT2D eigenvalue weighted by Crippen LogP contribution is 2.25. The summed E-state index contributed by atoms with van der Waals surface area (Å²) in [6, 6.07) is 8.09. The van der Waals surface area contributed by atoms with Gasteiger partial charge in [-0.3, -0.25) is 11.3 Å². The summed E-state index contributed by atoms with van der Waals surface area (Å²) in [5.74, 6) is 6.50. The molecule has 4 nitrogen and oxygen atoms in total. The van der Waals surface area contributed by atoms with Gasteiger partial charge in [-0.05, 0) is 42.2 Å². The molecule has 2 aromatic rings. The lowest BCUT2D eigenvalue weighted by molar-refractivity contribution is 0.410. The van der Waals surface area contributed by atoms with Gasteiger partial charge in [-0.2, -0.15) is 0 Å². The molecule has 4 heteroatoms. The quantitative estimate of drug-likeness (QED) is 0.628. The lowest BCUT2D eigenvalue weighted by Gasteiger charge is -2.17. The molecule has 1 heterocycles. The molecule has 1 unspecified atom stereocenters. The Bertz CT molecular complexity index is 495. The van der Waals surface area contributed by atoms with Crippen LogP contribution >= 0.6 is 0 Å². The minimum Gasteiger partial charge on any atom is -0.496 e. The predicted octanol–water partition coefficient (Wildman–Crippen LogP) is 2.34. The second-order valence-electron chi connectivity index (χ2n) is 4.28. The molecule has 0 fully saturated rings. The van der Waals surface area contributed by atoms with E-state index in [9.17, 15) is 0 Å². The van der Waals surface area contributed by atoms with Gasteiger partial charge in [0.2, 0.25) is 0 Å². The van der Waals surface area contributed by atoms with E-state index in [1.165, 1.54) is 0 Å². The first-order valence-corrected chi connectivity index (χ1v) is 5.86. The van der Waals surface area contributed by atoms with Crippen molar-refractivity contribution in [2.75, 3.05) is 7.11 Å². The molecule has 1 aromatic heterocycles. The number of rotatable bonds is 5. The Morgan fingerprint density at radius 1 is 1.39 bits per heavy atom. The van der Waals surface area contributed by atoms with E-state index in [1.807, 2.05) is 25.1 Å². The zero-order chi connectivity index (χ0) is 13.0. The number of furan rings is 1. The molecule has 1 atom stereocenters. The fourth-order valence-electron chi connectivity index (χ4n) is 1.97. The molecular formula is C14H18N2O2. The second kappa shape index (κ2) is 5.71. The van der Waals surface area contributed by atoms with Crippen LogP contribution in [0.2, 0.25) is 0 Å². The minimum atomic E-state index is 0.0390. The van der Waals surface area contributed by atoms with Gasteiger partial charge in [0.1, 0.15) is 5.75 Å². The molecule has 1 aromatic carbocycles. The monoisotopic (exact) mass is 246 g/mol. The zero-order valence-corrected chi connectivity index (χ0v) is 10.6. The average molecular weight is 246 g/mol. The third-order valence-corrected chi connectivity index (χ3v) is 3.06. The van der Waals surface area contributed by atoms with E-state index in [0.29, 0.717) is 0 Å². The Labute approximate surface area is 107 Å². The number of benzene rings is 1. The van der Waals surface area contributed by atoms with Crippen LogP contribution in [0.15, 0.2) is 41.2 Å². The van der Waals surface area contributed by atoms with Crippen molar-refractivity contribution in [2.45, 2.75) is 19.4 Å². The fourth-order valence-corrected chi connectivity index (χ4v) is 1.97. The number of methoxy groups -OCH3 is 1. The molecule has 0 amide bonds. The third-order valence-electron chi connectivity index (χ3n) is 3.06. The number of hydrogen-bond acceptors (Lipinski definition) is 4. The highest BCUT2D eigenvalue weighted by atomic mass is 16.5. The number of aryl methyl sites for hydroxylation is 1. The molecule has 18 heavy (non-hydrogen) atoms. The number of hydrogen-bond donors (Lipinski definition) is 2. The molecule has 0 aliphatic carbocycles. The van der Waals surface area contributed by atoms with Crippen LogP contribution in [0.25, 0.3) is 0 Å². The molecule has 0 radical (unpaired) electrons. The molecule has 0 saturated heterocycles. The van der Waals surface area contributed by atoms with Crippen LogP contribution in [0.5, 0.6) is 5.75 Å². The summed E-state index contributed by atoms with van der Waals surface area (Å²) in [5, 5.41) is 0. The molecule has 0 bridgehead atoms. The van der Waals surface area contributed by atoms with Gasteiger partial charge in [-0.25, -0.2) is 0 Å². The van der Waals surface area contributed by atoms with Crippen molar-refractivity contribution in [3.05, 3.63) is 53.5 Å². The number of hydrazine groups is 1. The standard InChI is InChI=1S/C14H18N2O2/c1-10-3-4-12(8-14(10)17-2)13(16-15)7-11-5-6-18-9-11/h3-6,8-9,13,16H,7,15H2,1-2H3. The van der Waals surface area contributed by atoms with Crippen molar-refractivity contribution >= 4 is 0 Å². The zero-order valence-electron chi connectivity index (χ0n) is 10.6. The van der Waals surface area contributed by atoms with E-state index in [0.717, 1.165) is 28.9 Å². The highest BCUT2D eigenvalue weighted by Gasteiger charge is 2.13. The first kappa shape index (κ1) is 12.7. The van der Waals surface area contributed by atoms with Crippen LogP contribution in [0.1, 0.15) is 22.7 Å². The summed E-state index contributed by atoms with van der Waals surface area (Å²) < 4.78 is 10.4. The van der Waals surface area contributed by atoms with E-state index in [1.54, 1.807) is 19.6 Å². The Morgan fingerprint density at radius 3 is 2.83 bits per heavy atom. The number of ether oxygens (including phenoxy) is 1. The van der Waals surface area contributed by atoms with E-state index in [2.05, 4.69) is 11.5 Å². The van der Waals surface area contributed by atoms with Crippen molar-refractivity contribution in [1.82, 2.24) is 5.43 Å². The van der Waals surface area contributed by atoms with E-state index < -0.39 is 0 Å². The van der Waals surface area contributed by atoms with Crippen LogP contribution in [-0.4, -0.2) is 7.11 Å². The molecule has 0 saturated carbocycles. The van der Waals surface area contributed by atoms with E-state index in [-0.39, 0.29) is 6.04 Å². The van der Waals surface area contributed by atoms with Gasteiger partial charge in [-0.15, -0.1) is 0 Å². The van der Waals surface area contributed by atoms with Crippen molar-refractivity contribution in [3.63, 3.8) is 0 Å². The maximum atomic E-state index is 5.63. The predicted molar refractivity (Wildman–Crippen MR) is 70.2 cm³/mol. The molecule has 0 aliphatic rings. The molecule has 2 rings (SSSR count). The molecule has 0 aliphatic heterocycles. The smallest absolute Gasteiger partial charge is 0.122 e. The van der Waals surface area contributed by atoms with Gasteiger partial charge < -0.3 is 9.15 Å². The van der Waals surface area contributed by atoms with Gasteiger partial charge in [0.05, 0.1) is 25.7 Å². The summed E-state index contributed by atoms with van der Waals surface area (Å²) in [7, 11) is 1.67. The SMILES string of the molecule is COc1cc(C(Cc2ccoc2)NN)ccc1C. The largest absolute Gasteiger partial charge is 0.496 e. The van der Waals surface area contributed by atoms with Crippen molar-refractivity contribution in [1.29, 1.82) is 0 Å². The number of nitrogens with one attached hydrogen (secondary N) is 1. The normalized spacial score (nSPS) is 12.4. The van der Waals surface area contributed by atoms with Crippen molar-refractivity contribution in [3.8, 4) is 5.75 Å². The maximum Gasteiger partial charge on any atom is 0.122 e.